The molecule has 2 rings (SSSR count). The van der Waals surface area contributed by atoms with Crippen LogP contribution >= 0.6 is 0 Å². The number of carbonyl (C=O) groups is 1. The maximum absolute atomic E-state index is 11.9. The van der Waals surface area contributed by atoms with Crippen LogP contribution in [0.1, 0.15) is 30.0 Å². The average Bonchev–Trinajstić information content (AvgIpc) is 2.58. The first-order valence-corrected chi connectivity index (χ1v) is 8.12. The largest absolute Gasteiger partial charge is 0.491 e. The van der Waals surface area contributed by atoms with Gasteiger partial charge in [-0.15, -0.1) is 0 Å². The highest BCUT2D eigenvalue weighted by atomic mass is 16.5. The number of anilines is 1. The predicted octanol–water partition coefficient (Wildman–Crippen LogP) is 3.70. The first-order valence-electron chi connectivity index (χ1n) is 8.12. The van der Waals surface area contributed by atoms with Crippen molar-refractivity contribution >= 4 is 17.7 Å². The van der Waals surface area contributed by atoms with E-state index in [0.717, 1.165) is 17.5 Å². The van der Waals surface area contributed by atoms with Crippen LogP contribution < -0.4 is 15.8 Å². The molecule has 4 nitrogen and oxygen atoms in total. The second kappa shape index (κ2) is 8.77. The van der Waals surface area contributed by atoms with Crippen LogP contribution in [0.5, 0.6) is 5.75 Å². The third kappa shape index (κ3) is 5.47. The number of hydrogen-bond donors (Lipinski definition) is 2. The second-order valence-corrected chi connectivity index (χ2v) is 5.68. The number of carbonyl (C=O) groups excluding carboxylic acids is 1. The van der Waals surface area contributed by atoms with Crippen molar-refractivity contribution in [1.82, 2.24) is 5.32 Å². The topological polar surface area (TPSA) is 64.3 Å². The molecular formula is C20H24N2O2. The lowest BCUT2D eigenvalue weighted by Gasteiger charge is -2.08. The van der Waals surface area contributed by atoms with Gasteiger partial charge in [-0.2, -0.15) is 0 Å². The van der Waals surface area contributed by atoms with Crippen LogP contribution in [-0.2, 0) is 11.3 Å². The van der Waals surface area contributed by atoms with Crippen LogP contribution in [0.2, 0.25) is 0 Å². The minimum Gasteiger partial charge on any atom is -0.491 e. The van der Waals surface area contributed by atoms with Gasteiger partial charge < -0.3 is 15.8 Å². The zero-order valence-electron chi connectivity index (χ0n) is 14.2. The molecule has 2 aromatic rings. The summed E-state index contributed by atoms with van der Waals surface area (Å²) in [7, 11) is 0. The Kier molecular flexibility index (Phi) is 6.43. The van der Waals surface area contributed by atoms with Crippen LogP contribution in [0.3, 0.4) is 0 Å². The van der Waals surface area contributed by atoms with Crippen molar-refractivity contribution in [3.63, 3.8) is 0 Å². The fourth-order valence-corrected chi connectivity index (χ4v) is 2.14. The summed E-state index contributed by atoms with van der Waals surface area (Å²) in [6, 6.07) is 13.6. The lowest BCUT2D eigenvalue weighted by molar-refractivity contribution is -0.116. The van der Waals surface area contributed by atoms with Crippen LogP contribution in [0.25, 0.3) is 6.08 Å². The molecule has 0 heterocycles. The second-order valence-electron chi connectivity index (χ2n) is 5.68. The molecule has 4 heteroatoms. The van der Waals surface area contributed by atoms with Gasteiger partial charge in [-0.25, -0.2) is 0 Å². The number of nitrogen functional groups attached to an aromatic ring is 1. The van der Waals surface area contributed by atoms with Crippen molar-refractivity contribution < 1.29 is 9.53 Å². The maximum atomic E-state index is 11.9. The summed E-state index contributed by atoms with van der Waals surface area (Å²) in [6.07, 6.45) is 4.18. The molecule has 0 spiro atoms. The Balaban J connectivity index is 1.88. The van der Waals surface area contributed by atoms with Gasteiger partial charge in [0.25, 0.3) is 0 Å². The summed E-state index contributed by atoms with van der Waals surface area (Å²) in [6.45, 7) is 5.23. The molecule has 0 unspecified atom stereocenters. The summed E-state index contributed by atoms with van der Waals surface area (Å²) in [4.78, 5) is 11.9. The minimum atomic E-state index is -0.138. The van der Waals surface area contributed by atoms with Gasteiger partial charge in [0.1, 0.15) is 5.75 Å². The molecule has 0 saturated carbocycles. The normalized spacial score (nSPS) is 10.8. The van der Waals surface area contributed by atoms with E-state index in [0.29, 0.717) is 24.6 Å². The Labute approximate surface area is 143 Å². The van der Waals surface area contributed by atoms with E-state index in [1.165, 1.54) is 11.6 Å². The van der Waals surface area contributed by atoms with Gasteiger partial charge in [0, 0.05) is 12.6 Å². The highest BCUT2D eigenvalue weighted by molar-refractivity contribution is 5.91. The van der Waals surface area contributed by atoms with Crippen molar-refractivity contribution in [2.45, 2.75) is 26.8 Å². The summed E-state index contributed by atoms with van der Waals surface area (Å²) in [5.41, 5.74) is 9.67. The number of ether oxygens (including phenoxy) is 1. The van der Waals surface area contributed by atoms with Crippen molar-refractivity contribution in [2.24, 2.45) is 0 Å². The number of benzene rings is 2. The van der Waals surface area contributed by atoms with Crippen LogP contribution in [0.15, 0.2) is 48.5 Å². The smallest absolute Gasteiger partial charge is 0.244 e. The Bertz CT molecular complexity index is 706. The fraction of sp³-hybridized carbons (Fsp3) is 0.250. The van der Waals surface area contributed by atoms with E-state index in [4.69, 9.17) is 10.5 Å². The van der Waals surface area contributed by atoms with Gasteiger partial charge >= 0.3 is 0 Å². The molecule has 0 aliphatic heterocycles. The molecule has 0 radical (unpaired) electrons. The molecule has 0 aliphatic rings. The quantitative estimate of drug-likeness (QED) is 0.603. The van der Waals surface area contributed by atoms with E-state index >= 15 is 0 Å². The molecule has 0 aliphatic carbocycles. The first kappa shape index (κ1) is 17.6. The zero-order valence-corrected chi connectivity index (χ0v) is 14.2. The molecule has 0 fully saturated rings. The summed E-state index contributed by atoms with van der Waals surface area (Å²) >= 11 is 0. The van der Waals surface area contributed by atoms with E-state index < -0.39 is 0 Å². The highest BCUT2D eigenvalue weighted by Gasteiger charge is 2.01. The molecule has 126 valence electrons. The first-order chi connectivity index (χ1) is 11.6. The van der Waals surface area contributed by atoms with Crippen molar-refractivity contribution in [3.8, 4) is 5.75 Å². The van der Waals surface area contributed by atoms with Gasteiger partial charge in [-0.05, 0) is 42.7 Å². The number of aryl methyl sites for hydroxylation is 1. The lowest BCUT2D eigenvalue weighted by Crippen LogP contribution is -2.20. The average molecular weight is 324 g/mol. The molecule has 2 aromatic carbocycles. The number of nitrogens with two attached hydrogens (primary N) is 1. The Morgan fingerprint density at radius 2 is 1.96 bits per heavy atom. The SMILES string of the molecule is CCCOc1ccc(/C=C\C(=O)NCc2ccc(C)cc2)cc1N. The number of nitrogens with one attached hydrogen (secondary N) is 1. The van der Waals surface area contributed by atoms with Crippen LogP contribution in [0, 0.1) is 6.92 Å². The monoisotopic (exact) mass is 324 g/mol. The number of hydrogen-bond acceptors (Lipinski definition) is 3. The molecule has 0 saturated heterocycles. The van der Waals surface area contributed by atoms with Gasteiger partial charge in [0.2, 0.25) is 5.91 Å². The maximum Gasteiger partial charge on any atom is 0.244 e. The summed E-state index contributed by atoms with van der Waals surface area (Å²) < 4.78 is 5.53. The Morgan fingerprint density at radius 3 is 2.62 bits per heavy atom. The van der Waals surface area contributed by atoms with Crippen LogP contribution in [-0.4, -0.2) is 12.5 Å². The van der Waals surface area contributed by atoms with Gasteiger partial charge in [0.15, 0.2) is 0 Å². The van der Waals surface area contributed by atoms with E-state index in [9.17, 15) is 4.79 Å². The lowest BCUT2D eigenvalue weighted by atomic mass is 10.1. The van der Waals surface area contributed by atoms with E-state index in [2.05, 4.69) is 5.32 Å². The van der Waals surface area contributed by atoms with Crippen molar-refractivity contribution in [3.05, 3.63) is 65.2 Å². The van der Waals surface area contributed by atoms with Gasteiger partial charge in [0.05, 0.1) is 12.3 Å². The molecule has 0 atom stereocenters. The molecule has 0 aromatic heterocycles. The zero-order chi connectivity index (χ0) is 17.4. The van der Waals surface area contributed by atoms with Crippen molar-refractivity contribution in [2.75, 3.05) is 12.3 Å². The van der Waals surface area contributed by atoms with Gasteiger partial charge in [-0.3, -0.25) is 4.79 Å². The molecule has 1 amide bonds. The summed E-state index contributed by atoms with van der Waals surface area (Å²) in [5, 5.41) is 2.86. The number of amides is 1. The van der Waals surface area contributed by atoms with Gasteiger partial charge in [-0.1, -0.05) is 42.8 Å². The highest BCUT2D eigenvalue weighted by Crippen LogP contribution is 2.23. The minimum absolute atomic E-state index is 0.138. The standard InChI is InChI=1S/C20H24N2O2/c1-3-12-24-19-10-8-16(13-18(19)21)9-11-20(23)22-14-17-6-4-15(2)5-7-17/h4-11,13H,3,12,14,21H2,1-2H3,(H,22,23)/b11-9-. The predicted molar refractivity (Wildman–Crippen MR) is 98.7 cm³/mol. The molecular weight excluding hydrogens is 300 g/mol. The molecule has 24 heavy (non-hydrogen) atoms. The Hall–Kier alpha value is -2.75. The van der Waals surface area contributed by atoms with E-state index in [1.54, 1.807) is 12.1 Å². The molecule has 3 N–H and O–H groups in total. The Morgan fingerprint density at radius 1 is 1.21 bits per heavy atom. The molecule has 0 bridgehead atoms. The van der Waals surface area contributed by atoms with Crippen LogP contribution in [0.4, 0.5) is 5.69 Å². The third-order valence-electron chi connectivity index (χ3n) is 3.51. The van der Waals surface area contributed by atoms with E-state index in [1.807, 2.05) is 50.2 Å². The van der Waals surface area contributed by atoms with E-state index in [-0.39, 0.29) is 5.91 Å². The summed E-state index contributed by atoms with van der Waals surface area (Å²) in [5.74, 6) is 0.540. The van der Waals surface area contributed by atoms with Crippen molar-refractivity contribution in [1.29, 1.82) is 0 Å². The third-order valence-corrected chi connectivity index (χ3v) is 3.51. The number of rotatable bonds is 7. The fourth-order valence-electron chi connectivity index (χ4n) is 2.14.